The Bertz CT molecular complexity index is 38.1. The summed E-state index contributed by atoms with van der Waals surface area (Å²) in [7, 11) is 0. The molecule has 0 heterocycles. The summed E-state index contributed by atoms with van der Waals surface area (Å²) < 4.78 is 0. The van der Waals surface area contributed by atoms with Crippen molar-refractivity contribution in [1.29, 1.82) is 0 Å². The summed E-state index contributed by atoms with van der Waals surface area (Å²) in [6.07, 6.45) is 17.5. The fraction of sp³-hybridized carbons (Fsp3) is 0.818. The van der Waals surface area contributed by atoms with Crippen LogP contribution in [0.1, 0.15) is 57.8 Å². The molecule has 0 heteroatoms. The van der Waals surface area contributed by atoms with E-state index in [-0.39, 0.29) is 0 Å². The predicted octanol–water partition coefficient (Wildman–Crippen LogP) is 3.92. The van der Waals surface area contributed by atoms with Crippen molar-refractivity contribution in [3.63, 3.8) is 0 Å². The first kappa shape index (κ1) is 9.09. The minimum atomic E-state index is 1.36. The van der Waals surface area contributed by atoms with Crippen molar-refractivity contribution < 1.29 is 0 Å². The van der Waals surface area contributed by atoms with Crippen molar-refractivity contribution in [3.05, 3.63) is 12.8 Å². The fourth-order valence-corrected chi connectivity index (χ4v) is 1.62. The summed E-state index contributed by atoms with van der Waals surface area (Å²) in [6.45, 7) is 0. The van der Waals surface area contributed by atoms with Crippen LogP contribution in [0, 0.1) is 12.8 Å². The highest BCUT2D eigenvalue weighted by Crippen LogP contribution is 2.14. The van der Waals surface area contributed by atoms with Crippen LogP contribution in [-0.4, -0.2) is 0 Å². The molecule has 0 N–H and O–H groups in total. The molecule has 0 aliphatic heterocycles. The van der Waals surface area contributed by atoms with Gasteiger partial charge in [0.25, 0.3) is 0 Å². The molecule has 1 saturated carbocycles. The van der Waals surface area contributed by atoms with Crippen LogP contribution in [0.25, 0.3) is 0 Å². The van der Waals surface area contributed by atoms with Gasteiger partial charge < -0.3 is 0 Å². The molecule has 0 atom stereocenters. The molecule has 0 aromatic rings. The van der Waals surface area contributed by atoms with Crippen molar-refractivity contribution >= 4 is 0 Å². The van der Waals surface area contributed by atoms with E-state index >= 15 is 0 Å². The maximum atomic E-state index is 2.48. The zero-order valence-electron chi connectivity index (χ0n) is 7.52. The number of rotatable bonds is 0. The highest BCUT2D eigenvalue weighted by molar-refractivity contribution is 4.70. The van der Waals surface area contributed by atoms with Crippen LogP contribution in [0.15, 0.2) is 0 Å². The Labute approximate surface area is 71.4 Å². The highest BCUT2D eigenvalue weighted by Gasteiger charge is 1.96. The second-order valence-corrected chi connectivity index (χ2v) is 3.50. The first-order chi connectivity index (χ1) is 5.50. The van der Waals surface area contributed by atoms with E-state index in [0.717, 1.165) is 0 Å². The molecule has 64 valence electrons. The molecule has 0 amide bonds. The van der Waals surface area contributed by atoms with E-state index in [4.69, 9.17) is 0 Å². The van der Waals surface area contributed by atoms with Gasteiger partial charge in [0.1, 0.15) is 0 Å². The van der Waals surface area contributed by atoms with Gasteiger partial charge in [-0.05, 0) is 12.8 Å². The SMILES string of the molecule is [CH]1CCCC[CH]CCCCC1. The lowest BCUT2D eigenvalue weighted by molar-refractivity contribution is 0.661. The van der Waals surface area contributed by atoms with Gasteiger partial charge >= 0.3 is 0 Å². The van der Waals surface area contributed by atoms with Crippen LogP contribution in [-0.2, 0) is 0 Å². The molecule has 1 aliphatic carbocycles. The monoisotopic (exact) mass is 152 g/mol. The van der Waals surface area contributed by atoms with Gasteiger partial charge in [-0.2, -0.15) is 0 Å². The van der Waals surface area contributed by atoms with Gasteiger partial charge in [0, 0.05) is 0 Å². The lowest BCUT2D eigenvalue weighted by atomic mass is 10.1. The summed E-state index contributed by atoms with van der Waals surface area (Å²) in [6, 6.07) is 0. The molecule has 0 saturated heterocycles. The van der Waals surface area contributed by atoms with Crippen molar-refractivity contribution in [2.45, 2.75) is 57.8 Å². The van der Waals surface area contributed by atoms with Gasteiger partial charge in [-0.1, -0.05) is 57.8 Å². The Hall–Kier alpha value is 0. The molecular weight excluding hydrogens is 132 g/mol. The van der Waals surface area contributed by atoms with Crippen molar-refractivity contribution in [3.8, 4) is 0 Å². The van der Waals surface area contributed by atoms with Gasteiger partial charge in [-0.25, -0.2) is 0 Å². The molecule has 0 spiro atoms. The predicted molar refractivity (Wildman–Crippen MR) is 50.2 cm³/mol. The van der Waals surface area contributed by atoms with Gasteiger partial charge in [-0.3, -0.25) is 0 Å². The van der Waals surface area contributed by atoms with Crippen molar-refractivity contribution in [2.24, 2.45) is 0 Å². The molecule has 1 aliphatic rings. The molecule has 0 bridgehead atoms. The molecule has 0 aromatic carbocycles. The standard InChI is InChI=1S/C11H20/c1-2-4-6-8-10-11-9-7-5-3-1/h1,10H,2-9,11H2. The van der Waals surface area contributed by atoms with Gasteiger partial charge in [-0.15, -0.1) is 0 Å². The Morgan fingerprint density at radius 1 is 0.455 bits per heavy atom. The molecule has 0 unspecified atom stereocenters. The van der Waals surface area contributed by atoms with Gasteiger partial charge in [0.2, 0.25) is 0 Å². The average Bonchev–Trinajstić information content (AvgIpc) is 2.08. The number of hydrogen-bond acceptors (Lipinski definition) is 0. The minimum Gasteiger partial charge on any atom is -0.0533 e. The zero-order valence-corrected chi connectivity index (χ0v) is 7.52. The first-order valence-corrected chi connectivity index (χ1v) is 5.13. The smallest absolute Gasteiger partial charge is 0.0386 e. The van der Waals surface area contributed by atoms with Crippen LogP contribution in [0.2, 0.25) is 0 Å². The van der Waals surface area contributed by atoms with E-state index in [1.807, 2.05) is 0 Å². The number of hydrogen-bond donors (Lipinski definition) is 0. The fourth-order valence-electron chi connectivity index (χ4n) is 1.62. The maximum absolute atomic E-state index is 2.48. The lowest BCUT2D eigenvalue weighted by Crippen LogP contribution is -1.79. The normalized spacial score (nSPS) is 24.0. The molecule has 1 rings (SSSR count). The Morgan fingerprint density at radius 2 is 0.818 bits per heavy atom. The van der Waals surface area contributed by atoms with E-state index in [1.54, 1.807) is 0 Å². The molecule has 11 heavy (non-hydrogen) atoms. The largest absolute Gasteiger partial charge is 0.0533 e. The minimum absolute atomic E-state index is 1.36. The molecule has 1 fully saturated rings. The third kappa shape index (κ3) is 5.29. The van der Waals surface area contributed by atoms with E-state index in [2.05, 4.69) is 12.8 Å². The molecule has 2 radical (unpaired) electrons. The average molecular weight is 152 g/mol. The zero-order chi connectivity index (χ0) is 7.78. The second kappa shape index (κ2) is 6.69. The van der Waals surface area contributed by atoms with Gasteiger partial charge in [0.05, 0.1) is 0 Å². The third-order valence-corrected chi connectivity index (χ3v) is 2.38. The molecule has 0 aromatic heterocycles. The van der Waals surface area contributed by atoms with Crippen LogP contribution >= 0.6 is 0 Å². The van der Waals surface area contributed by atoms with Gasteiger partial charge in [0.15, 0.2) is 0 Å². The lowest BCUT2D eigenvalue weighted by Gasteiger charge is -1.97. The topological polar surface area (TPSA) is 0 Å². The van der Waals surface area contributed by atoms with E-state index in [1.165, 1.54) is 57.8 Å². The second-order valence-electron chi connectivity index (χ2n) is 3.50. The van der Waals surface area contributed by atoms with E-state index in [9.17, 15) is 0 Å². The summed E-state index contributed by atoms with van der Waals surface area (Å²) >= 11 is 0. The van der Waals surface area contributed by atoms with Crippen LogP contribution in [0.4, 0.5) is 0 Å². The van der Waals surface area contributed by atoms with Crippen molar-refractivity contribution in [1.82, 2.24) is 0 Å². The van der Waals surface area contributed by atoms with E-state index < -0.39 is 0 Å². The quantitative estimate of drug-likeness (QED) is 0.493. The maximum Gasteiger partial charge on any atom is -0.0386 e. The first-order valence-electron chi connectivity index (χ1n) is 5.13. The van der Waals surface area contributed by atoms with Crippen molar-refractivity contribution in [2.75, 3.05) is 0 Å². The van der Waals surface area contributed by atoms with Crippen LogP contribution in [0.5, 0.6) is 0 Å². The van der Waals surface area contributed by atoms with Crippen LogP contribution < -0.4 is 0 Å². The summed E-state index contributed by atoms with van der Waals surface area (Å²) in [5, 5.41) is 0. The summed E-state index contributed by atoms with van der Waals surface area (Å²) in [5.41, 5.74) is 0. The third-order valence-electron chi connectivity index (χ3n) is 2.38. The molecule has 0 nitrogen and oxygen atoms in total. The summed E-state index contributed by atoms with van der Waals surface area (Å²) in [5.74, 6) is 0. The molecular formula is C11H20. The Kier molecular flexibility index (Phi) is 5.53. The highest BCUT2D eigenvalue weighted by atomic mass is 14.0. The Morgan fingerprint density at radius 3 is 1.27 bits per heavy atom. The van der Waals surface area contributed by atoms with E-state index in [0.29, 0.717) is 0 Å². The summed E-state index contributed by atoms with van der Waals surface area (Å²) in [4.78, 5) is 0. The Balaban J connectivity index is 2.02. The van der Waals surface area contributed by atoms with Crippen LogP contribution in [0.3, 0.4) is 0 Å².